The number of benzene rings is 1. The number of nitrogens with one attached hydrogen (secondary N) is 1. The smallest absolute Gasteiger partial charge is 0.353 e. The van der Waals surface area contributed by atoms with Crippen LogP contribution in [0.3, 0.4) is 0 Å². The number of rotatable bonds is 4. The van der Waals surface area contributed by atoms with Crippen molar-refractivity contribution < 1.29 is 4.92 Å². The molecule has 1 saturated heterocycles. The molecular formula is C19H26N6O2. The third-order valence-electron chi connectivity index (χ3n) is 5.01. The number of piperidine rings is 1. The highest BCUT2D eigenvalue weighted by Gasteiger charge is 2.31. The van der Waals surface area contributed by atoms with Crippen molar-refractivity contribution in [3.63, 3.8) is 0 Å². The molecule has 0 spiro atoms. The van der Waals surface area contributed by atoms with Crippen LogP contribution in [-0.2, 0) is 0 Å². The van der Waals surface area contributed by atoms with E-state index in [4.69, 9.17) is 5.73 Å². The molecule has 0 amide bonds. The fraction of sp³-hybridized carbons (Fsp3) is 0.474. The maximum Gasteiger partial charge on any atom is 0.353 e. The molecule has 8 heteroatoms. The first kappa shape index (κ1) is 18.9. The molecular weight excluding hydrogens is 344 g/mol. The normalized spacial score (nSPS) is 19.8. The van der Waals surface area contributed by atoms with Crippen LogP contribution in [0.4, 0.5) is 29.0 Å². The van der Waals surface area contributed by atoms with Crippen molar-refractivity contribution in [1.82, 2.24) is 9.97 Å². The van der Waals surface area contributed by atoms with E-state index in [0.29, 0.717) is 24.9 Å². The minimum Gasteiger partial charge on any atom is -0.378 e. The van der Waals surface area contributed by atoms with Gasteiger partial charge in [0.1, 0.15) is 0 Å². The molecule has 2 heterocycles. The van der Waals surface area contributed by atoms with Gasteiger partial charge in [-0.2, -0.15) is 9.97 Å². The van der Waals surface area contributed by atoms with Gasteiger partial charge in [0.25, 0.3) is 0 Å². The summed E-state index contributed by atoms with van der Waals surface area (Å²) in [5.74, 6) is 1.29. The molecule has 3 rings (SSSR count). The van der Waals surface area contributed by atoms with E-state index in [9.17, 15) is 10.1 Å². The number of aryl methyl sites for hydroxylation is 2. The third-order valence-corrected chi connectivity index (χ3v) is 5.01. The van der Waals surface area contributed by atoms with E-state index in [0.717, 1.165) is 17.7 Å². The number of aromatic nitrogens is 2. The number of anilines is 4. The van der Waals surface area contributed by atoms with E-state index in [1.165, 1.54) is 5.56 Å². The SMILES string of the molecule is Cc1ccc(Nc2nc(N)c([N+](=O)[O-])c(N3CC(C)CC(C)C3)n2)cc1C. The second-order valence-electron chi connectivity index (χ2n) is 7.64. The van der Waals surface area contributed by atoms with E-state index in [-0.39, 0.29) is 23.3 Å². The predicted molar refractivity (Wildman–Crippen MR) is 107 cm³/mol. The van der Waals surface area contributed by atoms with Crippen molar-refractivity contribution in [2.75, 3.05) is 29.0 Å². The van der Waals surface area contributed by atoms with Gasteiger partial charge in [-0.1, -0.05) is 19.9 Å². The zero-order valence-electron chi connectivity index (χ0n) is 16.2. The topological polar surface area (TPSA) is 110 Å². The molecule has 27 heavy (non-hydrogen) atoms. The molecule has 0 aliphatic carbocycles. The van der Waals surface area contributed by atoms with E-state index < -0.39 is 4.92 Å². The molecule has 0 bridgehead atoms. The Morgan fingerprint density at radius 1 is 1.19 bits per heavy atom. The van der Waals surface area contributed by atoms with Crippen molar-refractivity contribution in [2.45, 2.75) is 34.1 Å². The van der Waals surface area contributed by atoms with Crippen molar-refractivity contribution >= 4 is 29.0 Å². The second-order valence-corrected chi connectivity index (χ2v) is 7.64. The van der Waals surface area contributed by atoms with Crippen molar-refractivity contribution in [1.29, 1.82) is 0 Å². The first-order valence-electron chi connectivity index (χ1n) is 9.15. The van der Waals surface area contributed by atoms with Crippen molar-refractivity contribution in [2.24, 2.45) is 11.8 Å². The standard InChI is InChI=1S/C19H26N6O2/c1-11-7-12(2)10-24(9-11)18-16(25(26)27)17(20)22-19(23-18)21-15-6-5-13(3)14(4)8-15/h5-6,8,11-12H,7,9-10H2,1-4H3,(H3,20,21,22,23). The van der Waals surface area contributed by atoms with Crippen LogP contribution >= 0.6 is 0 Å². The van der Waals surface area contributed by atoms with E-state index in [1.54, 1.807) is 0 Å². The molecule has 1 fully saturated rings. The quantitative estimate of drug-likeness (QED) is 0.622. The number of nitrogens with two attached hydrogens (primary N) is 1. The highest BCUT2D eigenvalue weighted by molar-refractivity contribution is 5.72. The molecule has 2 aromatic rings. The second kappa shape index (κ2) is 7.38. The Bertz CT molecular complexity index is 860. The van der Waals surface area contributed by atoms with Gasteiger partial charge < -0.3 is 16.0 Å². The summed E-state index contributed by atoms with van der Waals surface area (Å²) in [4.78, 5) is 21.7. The summed E-state index contributed by atoms with van der Waals surface area (Å²) in [5, 5.41) is 14.7. The summed E-state index contributed by atoms with van der Waals surface area (Å²) in [6.07, 6.45) is 1.10. The van der Waals surface area contributed by atoms with Crippen LogP contribution in [0.5, 0.6) is 0 Å². The number of hydrogen-bond donors (Lipinski definition) is 2. The lowest BCUT2D eigenvalue weighted by atomic mass is 9.92. The Morgan fingerprint density at radius 2 is 1.85 bits per heavy atom. The van der Waals surface area contributed by atoms with E-state index in [2.05, 4.69) is 29.1 Å². The summed E-state index contributed by atoms with van der Waals surface area (Å²) in [6.45, 7) is 9.78. The number of hydrogen-bond acceptors (Lipinski definition) is 7. The van der Waals surface area contributed by atoms with Crippen molar-refractivity contribution in [3.8, 4) is 0 Å². The first-order valence-corrected chi connectivity index (χ1v) is 9.15. The lowest BCUT2D eigenvalue weighted by molar-refractivity contribution is -0.383. The van der Waals surface area contributed by atoms with Gasteiger partial charge in [0, 0.05) is 18.8 Å². The average molecular weight is 370 g/mol. The lowest BCUT2D eigenvalue weighted by Crippen LogP contribution is -2.39. The fourth-order valence-electron chi connectivity index (χ4n) is 3.70. The van der Waals surface area contributed by atoms with E-state index in [1.807, 2.05) is 36.9 Å². The Balaban J connectivity index is 2.00. The van der Waals surface area contributed by atoms with Crippen LogP contribution in [0.2, 0.25) is 0 Å². The van der Waals surface area contributed by atoms with Crippen molar-refractivity contribution in [3.05, 3.63) is 39.4 Å². The lowest BCUT2D eigenvalue weighted by Gasteiger charge is -2.35. The molecule has 2 atom stereocenters. The third kappa shape index (κ3) is 4.10. The van der Waals surface area contributed by atoms with Gasteiger partial charge in [-0.25, -0.2) is 0 Å². The molecule has 1 aromatic heterocycles. The Kier molecular flexibility index (Phi) is 5.16. The van der Waals surface area contributed by atoms with Crippen LogP contribution in [0.15, 0.2) is 18.2 Å². The fourth-order valence-corrected chi connectivity index (χ4v) is 3.70. The van der Waals surface area contributed by atoms with Crippen LogP contribution in [-0.4, -0.2) is 28.0 Å². The van der Waals surface area contributed by atoms with Gasteiger partial charge in [-0.05, 0) is 55.4 Å². The molecule has 1 aromatic carbocycles. The van der Waals surface area contributed by atoms with Crippen LogP contribution in [0.25, 0.3) is 0 Å². The summed E-state index contributed by atoms with van der Waals surface area (Å²) >= 11 is 0. The average Bonchev–Trinajstić information content (AvgIpc) is 2.56. The van der Waals surface area contributed by atoms with Gasteiger partial charge in [-0.3, -0.25) is 10.1 Å². The largest absolute Gasteiger partial charge is 0.378 e. The minimum absolute atomic E-state index is 0.123. The van der Waals surface area contributed by atoms with Crippen LogP contribution in [0, 0.1) is 35.8 Å². The molecule has 1 aliphatic rings. The number of nitrogens with zero attached hydrogens (tertiary/aromatic N) is 4. The number of nitrogen functional groups attached to an aromatic ring is 1. The zero-order valence-corrected chi connectivity index (χ0v) is 16.2. The van der Waals surface area contributed by atoms with Gasteiger partial charge >= 0.3 is 5.69 Å². The molecule has 144 valence electrons. The maximum absolute atomic E-state index is 11.6. The maximum atomic E-state index is 11.6. The molecule has 0 saturated carbocycles. The Hall–Kier alpha value is -2.90. The summed E-state index contributed by atoms with van der Waals surface area (Å²) in [5.41, 5.74) is 8.86. The zero-order chi connectivity index (χ0) is 19.7. The minimum atomic E-state index is -0.492. The van der Waals surface area contributed by atoms with E-state index >= 15 is 0 Å². The molecule has 3 N–H and O–H groups in total. The Morgan fingerprint density at radius 3 is 2.44 bits per heavy atom. The molecule has 8 nitrogen and oxygen atoms in total. The van der Waals surface area contributed by atoms with Gasteiger partial charge in [0.2, 0.25) is 17.6 Å². The van der Waals surface area contributed by atoms with Crippen LogP contribution in [0.1, 0.15) is 31.4 Å². The van der Waals surface area contributed by atoms with Gasteiger partial charge in [0.15, 0.2) is 0 Å². The predicted octanol–water partition coefficient (Wildman–Crippen LogP) is 3.81. The molecule has 1 aliphatic heterocycles. The highest BCUT2D eigenvalue weighted by Crippen LogP contribution is 2.36. The number of nitro groups is 1. The molecule has 0 radical (unpaired) electrons. The first-order chi connectivity index (χ1) is 12.7. The van der Waals surface area contributed by atoms with Gasteiger partial charge in [0.05, 0.1) is 4.92 Å². The van der Waals surface area contributed by atoms with Crippen LogP contribution < -0.4 is 16.0 Å². The molecule has 2 unspecified atom stereocenters. The summed E-state index contributed by atoms with van der Waals surface area (Å²) in [6, 6.07) is 5.91. The summed E-state index contributed by atoms with van der Waals surface area (Å²) < 4.78 is 0. The summed E-state index contributed by atoms with van der Waals surface area (Å²) in [7, 11) is 0. The highest BCUT2D eigenvalue weighted by atomic mass is 16.6. The monoisotopic (exact) mass is 370 g/mol. The Labute approximate surface area is 159 Å². The van der Waals surface area contributed by atoms with Gasteiger partial charge in [-0.15, -0.1) is 0 Å².